The van der Waals surface area contributed by atoms with E-state index in [1.54, 1.807) is 0 Å². The molecule has 0 radical (unpaired) electrons. The Balaban J connectivity index is 2.25. The van der Waals surface area contributed by atoms with Crippen LogP contribution in [-0.2, 0) is 0 Å². The molecule has 1 heterocycles. The number of hydrogen-bond acceptors (Lipinski definition) is 1. The predicted octanol–water partition coefficient (Wildman–Crippen LogP) is 3.07. The molecule has 1 aliphatic heterocycles. The Morgan fingerprint density at radius 2 is 2.08 bits per heavy atom. The summed E-state index contributed by atoms with van der Waals surface area (Å²) in [5.41, 5.74) is 1.29. The third-order valence-electron chi connectivity index (χ3n) is 2.48. The number of nitrogens with one attached hydrogen (secondary N) is 1. The van der Waals surface area contributed by atoms with Gasteiger partial charge in [-0.25, -0.2) is 0 Å². The minimum Gasteiger partial charge on any atom is -0.316 e. The van der Waals surface area contributed by atoms with E-state index in [-0.39, 0.29) is 0 Å². The molecule has 0 unspecified atom stereocenters. The maximum absolute atomic E-state index is 5.94. The number of rotatable bonds is 1. The summed E-state index contributed by atoms with van der Waals surface area (Å²) in [7, 11) is 0. The highest BCUT2D eigenvalue weighted by Gasteiger charge is 2.16. The van der Waals surface area contributed by atoms with Crippen molar-refractivity contribution in [2.24, 2.45) is 0 Å². The molecule has 1 saturated heterocycles. The van der Waals surface area contributed by atoms with Crippen LogP contribution in [0.5, 0.6) is 0 Å². The summed E-state index contributed by atoms with van der Waals surface area (Å²) in [5, 5.41) is 4.62. The fraction of sp³-hybridized carbons (Fsp3) is 0.400. The third-order valence-corrected chi connectivity index (χ3v) is 3.21. The van der Waals surface area contributed by atoms with Gasteiger partial charge in [-0.1, -0.05) is 29.3 Å². The predicted molar refractivity (Wildman–Crippen MR) is 56.7 cm³/mol. The maximum atomic E-state index is 5.94. The average molecular weight is 216 g/mol. The highest BCUT2D eigenvalue weighted by atomic mass is 35.5. The molecule has 1 aromatic rings. The second kappa shape index (κ2) is 3.87. The summed E-state index contributed by atoms with van der Waals surface area (Å²) < 4.78 is 0. The van der Waals surface area contributed by atoms with Gasteiger partial charge in [0.1, 0.15) is 0 Å². The highest BCUT2D eigenvalue weighted by molar-refractivity contribution is 6.42. The molecule has 1 aromatic carbocycles. The van der Waals surface area contributed by atoms with Gasteiger partial charge in [-0.3, -0.25) is 0 Å². The van der Waals surface area contributed by atoms with Crippen molar-refractivity contribution < 1.29 is 0 Å². The van der Waals surface area contributed by atoms with Gasteiger partial charge >= 0.3 is 0 Å². The quantitative estimate of drug-likeness (QED) is 0.760. The SMILES string of the molecule is Clc1ccc([C@H]2CCNC2)cc1Cl. The van der Waals surface area contributed by atoms with Crippen LogP contribution in [0.1, 0.15) is 17.9 Å². The lowest BCUT2D eigenvalue weighted by Gasteiger charge is -2.09. The van der Waals surface area contributed by atoms with Gasteiger partial charge in [0, 0.05) is 6.54 Å². The van der Waals surface area contributed by atoms with Gasteiger partial charge in [0.25, 0.3) is 0 Å². The summed E-state index contributed by atoms with van der Waals surface area (Å²) in [6.07, 6.45) is 1.19. The average Bonchev–Trinajstić information content (AvgIpc) is 2.62. The normalized spacial score (nSPS) is 22.2. The molecule has 13 heavy (non-hydrogen) atoms. The van der Waals surface area contributed by atoms with E-state index in [9.17, 15) is 0 Å². The lowest BCUT2D eigenvalue weighted by atomic mass is 9.99. The van der Waals surface area contributed by atoms with E-state index < -0.39 is 0 Å². The van der Waals surface area contributed by atoms with Crippen molar-refractivity contribution in [1.82, 2.24) is 5.32 Å². The van der Waals surface area contributed by atoms with Crippen LogP contribution in [0.2, 0.25) is 10.0 Å². The van der Waals surface area contributed by atoms with Gasteiger partial charge in [0.05, 0.1) is 10.0 Å². The van der Waals surface area contributed by atoms with Crippen LogP contribution in [0.25, 0.3) is 0 Å². The number of halogens is 2. The van der Waals surface area contributed by atoms with Crippen LogP contribution in [-0.4, -0.2) is 13.1 Å². The molecule has 1 aliphatic rings. The molecule has 0 saturated carbocycles. The first-order valence-corrected chi connectivity index (χ1v) is 5.18. The molecule has 3 heteroatoms. The molecule has 0 amide bonds. The second-order valence-corrected chi connectivity index (χ2v) is 4.18. The van der Waals surface area contributed by atoms with Crippen molar-refractivity contribution in [1.29, 1.82) is 0 Å². The summed E-state index contributed by atoms with van der Waals surface area (Å²) in [6, 6.07) is 5.91. The molecular weight excluding hydrogens is 205 g/mol. The van der Waals surface area contributed by atoms with Crippen LogP contribution in [0, 0.1) is 0 Å². The third kappa shape index (κ3) is 1.98. The van der Waals surface area contributed by atoms with Gasteiger partial charge in [0.2, 0.25) is 0 Å². The molecule has 1 N–H and O–H groups in total. The fourth-order valence-electron chi connectivity index (χ4n) is 1.71. The summed E-state index contributed by atoms with van der Waals surface area (Å²) in [5.74, 6) is 0.606. The summed E-state index contributed by atoms with van der Waals surface area (Å²) in [6.45, 7) is 2.16. The van der Waals surface area contributed by atoms with Crippen LogP contribution in [0.15, 0.2) is 18.2 Å². The number of benzene rings is 1. The van der Waals surface area contributed by atoms with E-state index in [1.165, 1.54) is 12.0 Å². The zero-order chi connectivity index (χ0) is 9.26. The molecule has 2 rings (SSSR count). The van der Waals surface area contributed by atoms with E-state index in [0.717, 1.165) is 13.1 Å². The van der Waals surface area contributed by atoms with E-state index in [1.807, 2.05) is 12.1 Å². The maximum Gasteiger partial charge on any atom is 0.0595 e. The zero-order valence-corrected chi connectivity index (χ0v) is 8.70. The Labute approximate surface area is 88.0 Å². The van der Waals surface area contributed by atoms with Crippen LogP contribution in [0.4, 0.5) is 0 Å². The number of hydrogen-bond donors (Lipinski definition) is 1. The van der Waals surface area contributed by atoms with Crippen molar-refractivity contribution in [2.75, 3.05) is 13.1 Å². The van der Waals surface area contributed by atoms with Crippen LogP contribution >= 0.6 is 23.2 Å². The van der Waals surface area contributed by atoms with Crippen molar-refractivity contribution in [3.05, 3.63) is 33.8 Å². The monoisotopic (exact) mass is 215 g/mol. The van der Waals surface area contributed by atoms with Crippen molar-refractivity contribution in [3.8, 4) is 0 Å². The summed E-state index contributed by atoms with van der Waals surface area (Å²) >= 11 is 11.8. The summed E-state index contributed by atoms with van der Waals surface area (Å²) in [4.78, 5) is 0. The fourth-order valence-corrected chi connectivity index (χ4v) is 2.01. The van der Waals surface area contributed by atoms with Gasteiger partial charge in [0.15, 0.2) is 0 Å². The van der Waals surface area contributed by atoms with E-state index in [2.05, 4.69) is 11.4 Å². The van der Waals surface area contributed by atoms with Gasteiger partial charge in [-0.15, -0.1) is 0 Å². The largest absolute Gasteiger partial charge is 0.316 e. The van der Waals surface area contributed by atoms with Gasteiger partial charge < -0.3 is 5.32 Å². The molecule has 0 aliphatic carbocycles. The Hall–Kier alpha value is -0.240. The first-order chi connectivity index (χ1) is 6.27. The van der Waals surface area contributed by atoms with Gasteiger partial charge in [-0.2, -0.15) is 0 Å². The molecule has 0 spiro atoms. The molecule has 1 atom stereocenters. The minimum absolute atomic E-state index is 0.606. The Morgan fingerprint density at radius 1 is 1.23 bits per heavy atom. The molecule has 0 aromatic heterocycles. The zero-order valence-electron chi connectivity index (χ0n) is 7.19. The van der Waals surface area contributed by atoms with Crippen molar-refractivity contribution in [2.45, 2.75) is 12.3 Å². The molecule has 70 valence electrons. The first-order valence-electron chi connectivity index (χ1n) is 4.43. The smallest absolute Gasteiger partial charge is 0.0595 e. The topological polar surface area (TPSA) is 12.0 Å². The van der Waals surface area contributed by atoms with E-state index in [0.29, 0.717) is 16.0 Å². The molecule has 0 bridgehead atoms. The lowest BCUT2D eigenvalue weighted by Crippen LogP contribution is -2.07. The van der Waals surface area contributed by atoms with E-state index >= 15 is 0 Å². The first kappa shape index (κ1) is 9.32. The highest BCUT2D eigenvalue weighted by Crippen LogP contribution is 2.28. The molecule has 1 nitrogen and oxygen atoms in total. The minimum atomic E-state index is 0.606. The standard InChI is InChI=1S/C10H11Cl2N/c11-9-2-1-7(5-10(9)12)8-3-4-13-6-8/h1-2,5,8,13H,3-4,6H2/t8-/m0/s1. The van der Waals surface area contributed by atoms with Crippen LogP contribution in [0.3, 0.4) is 0 Å². The van der Waals surface area contributed by atoms with Crippen molar-refractivity contribution in [3.63, 3.8) is 0 Å². The van der Waals surface area contributed by atoms with Crippen LogP contribution < -0.4 is 5.32 Å². The Morgan fingerprint density at radius 3 is 2.69 bits per heavy atom. The lowest BCUT2D eigenvalue weighted by molar-refractivity contribution is 0.763. The van der Waals surface area contributed by atoms with Gasteiger partial charge in [-0.05, 0) is 36.6 Å². The Kier molecular flexibility index (Phi) is 2.77. The van der Waals surface area contributed by atoms with Crippen molar-refractivity contribution >= 4 is 23.2 Å². The Bertz CT molecular complexity index is 306. The second-order valence-electron chi connectivity index (χ2n) is 3.36. The molecular formula is C10H11Cl2N. The van der Waals surface area contributed by atoms with E-state index in [4.69, 9.17) is 23.2 Å². The molecule has 1 fully saturated rings.